The summed E-state index contributed by atoms with van der Waals surface area (Å²) in [6.45, 7) is 5.67. The minimum atomic E-state index is -0.706. The highest BCUT2D eigenvalue weighted by atomic mass is 79.9. The second-order valence-electron chi connectivity index (χ2n) is 5.24. The number of hydrogen-bond donors (Lipinski definition) is 1. The maximum Gasteiger partial charge on any atom is 0.265 e. The molecule has 23 heavy (non-hydrogen) atoms. The zero-order valence-corrected chi connectivity index (χ0v) is 16.0. The van der Waals surface area contributed by atoms with E-state index in [1.54, 1.807) is 25.1 Å². The van der Waals surface area contributed by atoms with Crippen LogP contribution in [0.2, 0.25) is 10.0 Å². The standard InChI is InChI=1S/C17H16BrCl2NO2/c1-9-6-13(18)15(7-10(9)2)21-17(22)11(3)23-16-5-4-12(19)8-14(16)20/h4-8,11H,1-3H3,(H,21,22)/t11-/m0/s1. The average molecular weight is 417 g/mol. The first-order chi connectivity index (χ1) is 10.8. The number of aryl methyl sites for hydroxylation is 2. The number of benzene rings is 2. The van der Waals surface area contributed by atoms with E-state index in [1.165, 1.54) is 0 Å². The molecule has 0 aromatic heterocycles. The first-order valence-corrected chi connectivity index (χ1v) is 8.52. The number of nitrogens with one attached hydrogen (secondary N) is 1. The number of anilines is 1. The van der Waals surface area contributed by atoms with E-state index in [-0.39, 0.29) is 5.91 Å². The summed E-state index contributed by atoms with van der Waals surface area (Å²) in [5, 5.41) is 3.73. The molecule has 0 aliphatic carbocycles. The summed E-state index contributed by atoms with van der Waals surface area (Å²) in [6, 6.07) is 8.75. The maximum absolute atomic E-state index is 12.3. The normalized spacial score (nSPS) is 11.9. The predicted octanol–water partition coefficient (Wildman–Crippen LogP) is 5.78. The molecule has 2 aromatic carbocycles. The molecule has 0 unspecified atom stereocenters. The Bertz CT molecular complexity index is 750. The molecule has 0 saturated carbocycles. The monoisotopic (exact) mass is 415 g/mol. The predicted molar refractivity (Wildman–Crippen MR) is 98.8 cm³/mol. The zero-order chi connectivity index (χ0) is 17.1. The Morgan fingerprint density at radius 3 is 2.48 bits per heavy atom. The summed E-state index contributed by atoms with van der Waals surface area (Å²) >= 11 is 15.4. The van der Waals surface area contributed by atoms with E-state index in [4.69, 9.17) is 27.9 Å². The summed E-state index contributed by atoms with van der Waals surface area (Å²) in [5.74, 6) is 0.151. The van der Waals surface area contributed by atoms with Crippen molar-refractivity contribution in [3.8, 4) is 5.75 Å². The topological polar surface area (TPSA) is 38.3 Å². The minimum Gasteiger partial charge on any atom is -0.479 e. The van der Waals surface area contributed by atoms with Crippen molar-refractivity contribution in [1.82, 2.24) is 0 Å². The molecule has 122 valence electrons. The van der Waals surface area contributed by atoms with Crippen molar-refractivity contribution in [2.45, 2.75) is 26.9 Å². The number of carbonyl (C=O) groups excluding carboxylic acids is 1. The Balaban J connectivity index is 2.10. The third-order valence-corrected chi connectivity index (χ3v) is 4.59. The molecular weight excluding hydrogens is 401 g/mol. The molecule has 0 spiro atoms. The zero-order valence-electron chi connectivity index (χ0n) is 12.9. The van der Waals surface area contributed by atoms with E-state index < -0.39 is 6.10 Å². The number of ether oxygens (including phenoxy) is 1. The van der Waals surface area contributed by atoms with E-state index in [9.17, 15) is 4.79 Å². The lowest BCUT2D eigenvalue weighted by Gasteiger charge is -2.17. The summed E-state index contributed by atoms with van der Waals surface area (Å²) in [5.41, 5.74) is 2.95. The Morgan fingerprint density at radius 2 is 1.83 bits per heavy atom. The first kappa shape index (κ1) is 18.1. The van der Waals surface area contributed by atoms with E-state index in [2.05, 4.69) is 21.2 Å². The molecular formula is C17H16BrCl2NO2. The van der Waals surface area contributed by atoms with Crippen LogP contribution in [0.5, 0.6) is 5.75 Å². The SMILES string of the molecule is Cc1cc(Br)c(NC(=O)[C@H](C)Oc2ccc(Cl)cc2Cl)cc1C. The molecule has 0 radical (unpaired) electrons. The average Bonchev–Trinajstić information content (AvgIpc) is 2.47. The van der Waals surface area contributed by atoms with E-state index in [0.29, 0.717) is 21.5 Å². The fraction of sp³-hybridized carbons (Fsp3) is 0.235. The van der Waals surface area contributed by atoms with Gasteiger partial charge < -0.3 is 10.1 Å². The Hall–Kier alpha value is -1.23. The van der Waals surface area contributed by atoms with Crippen LogP contribution in [-0.4, -0.2) is 12.0 Å². The molecule has 0 saturated heterocycles. The van der Waals surface area contributed by atoms with Crippen LogP contribution < -0.4 is 10.1 Å². The molecule has 6 heteroatoms. The van der Waals surface area contributed by atoms with Crippen molar-refractivity contribution in [3.05, 3.63) is 56.0 Å². The number of amides is 1. The quantitative estimate of drug-likeness (QED) is 0.685. The molecule has 0 aliphatic heterocycles. The highest BCUT2D eigenvalue weighted by Crippen LogP contribution is 2.29. The van der Waals surface area contributed by atoms with Crippen LogP contribution in [0.25, 0.3) is 0 Å². The van der Waals surface area contributed by atoms with Gasteiger partial charge >= 0.3 is 0 Å². The number of carbonyl (C=O) groups is 1. The molecule has 3 nitrogen and oxygen atoms in total. The van der Waals surface area contributed by atoms with Crippen LogP contribution in [0.15, 0.2) is 34.8 Å². The van der Waals surface area contributed by atoms with Crippen LogP contribution >= 0.6 is 39.1 Å². The molecule has 0 bridgehead atoms. The van der Waals surface area contributed by atoms with Crippen molar-refractivity contribution in [3.63, 3.8) is 0 Å². The van der Waals surface area contributed by atoms with Crippen LogP contribution in [0.4, 0.5) is 5.69 Å². The fourth-order valence-electron chi connectivity index (χ4n) is 1.93. The molecule has 1 atom stereocenters. The minimum absolute atomic E-state index is 0.264. The highest BCUT2D eigenvalue weighted by Gasteiger charge is 2.17. The fourth-order valence-corrected chi connectivity index (χ4v) is 2.94. The van der Waals surface area contributed by atoms with E-state index >= 15 is 0 Å². The van der Waals surface area contributed by atoms with Crippen molar-refractivity contribution < 1.29 is 9.53 Å². The lowest BCUT2D eigenvalue weighted by Crippen LogP contribution is -2.30. The molecule has 1 N–H and O–H groups in total. The Morgan fingerprint density at radius 1 is 1.17 bits per heavy atom. The summed E-state index contributed by atoms with van der Waals surface area (Å²) in [4.78, 5) is 12.3. The van der Waals surface area contributed by atoms with Gasteiger partial charge in [0.15, 0.2) is 6.10 Å². The van der Waals surface area contributed by atoms with Gasteiger partial charge in [0.1, 0.15) is 5.75 Å². The molecule has 2 aromatic rings. The highest BCUT2D eigenvalue weighted by molar-refractivity contribution is 9.10. The van der Waals surface area contributed by atoms with Gasteiger partial charge in [-0.3, -0.25) is 4.79 Å². The number of hydrogen-bond acceptors (Lipinski definition) is 2. The third-order valence-electron chi connectivity index (χ3n) is 3.41. The van der Waals surface area contributed by atoms with Crippen LogP contribution in [0.1, 0.15) is 18.1 Å². The van der Waals surface area contributed by atoms with Crippen molar-refractivity contribution in [2.24, 2.45) is 0 Å². The molecule has 0 heterocycles. The van der Waals surface area contributed by atoms with Gasteiger partial charge in [0.2, 0.25) is 0 Å². The van der Waals surface area contributed by atoms with Gasteiger partial charge in [-0.25, -0.2) is 0 Å². The number of halogens is 3. The van der Waals surface area contributed by atoms with Gasteiger partial charge in [0, 0.05) is 9.50 Å². The first-order valence-electron chi connectivity index (χ1n) is 6.97. The van der Waals surface area contributed by atoms with Crippen molar-refractivity contribution in [1.29, 1.82) is 0 Å². The lowest BCUT2D eigenvalue weighted by molar-refractivity contribution is -0.122. The van der Waals surface area contributed by atoms with Crippen LogP contribution in [-0.2, 0) is 4.79 Å². The van der Waals surface area contributed by atoms with Crippen LogP contribution in [0.3, 0.4) is 0 Å². The van der Waals surface area contributed by atoms with E-state index in [1.807, 2.05) is 26.0 Å². The molecule has 0 aliphatic rings. The van der Waals surface area contributed by atoms with Crippen LogP contribution in [0, 0.1) is 13.8 Å². The smallest absolute Gasteiger partial charge is 0.265 e. The molecule has 0 fully saturated rings. The molecule has 2 rings (SSSR count). The second-order valence-corrected chi connectivity index (χ2v) is 6.94. The Labute approximate surface area is 154 Å². The Kier molecular flexibility index (Phi) is 5.95. The van der Waals surface area contributed by atoms with Gasteiger partial charge in [-0.2, -0.15) is 0 Å². The second kappa shape index (κ2) is 7.56. The summed E-state index contributed by atoms with van der Waals surface area (Å²) < 4.78 is 6.43. The number of rotatable bonds is 4. The van der Waals surface area contributed by atoms with E-state index in [0.717, 1.165) is 15.6 Å². The van der Waals surface area contributed by atoms with Gasteiger partial charge in [-0.1, -0.05) is 23.2 Å². The maximum atomic E-state index is 12.3. The summed E-state index contributed by atoms with van der Waals surface area (Å²) in [7, 11) is 0. The van der Waals surface area contributed by atoms with Crippen molar-refractivity contribution in [2.75, 3.05) is 5.32 Å². The third kappa shape index (κ3) is 4.63. The lowest BCUT2D eigenvalue weighted by atomic mass is 10.1. The summed E-state index contributed by atoms with van der Waals surface area (Å²) in [6.07, 6.45) is -0.706. The van der Waals surface area contributed by atoms with Gasteiger partial charge in [-0.15, -0.1) is 0 Å². The molecule has 1 amide bonds. The van der Waals surface area contributed by atoms with Gasteiger partial charge in [-0.05, 0) is 78.2 Å². The van der Waals surface area contributed by atoms with Gasteiger partial charge in [0.05, 0.1) is 10.7 Å². The van der Waals surface area contributed by atoms with Gasteiger partial charge in [0.25, 0.3) is 5.91 Å². The van der Waals surface area contributed by atoms with Crippen molar-refractivity contribution >= 4 is 50.7 Å². The largest absolute Gasteiger partial charge is 0.479 e.